The van der Waals surface area contributed by atoms with Gasteiger partial charge in [-0.25, -0.2) is 0 Å². The fourth-order valence-corrected chi connectivity index (χ4v) is 3.58. The molecule has 1 aliphatic carbocycles. The molecule has 1 heterocycles. The number of nitrogens with zero attached hydrogens (tertiary/aromatic N) is 1. The summed E-state index contributed by atoms with van der Waals surface area (Å²) in [6.07, 6.45) is 7.23. The second-order valence-corrected chi connectivity index (χ2v) is 6.81. The van der Waals surface area contributed by atoms with Crippen LogP contribution in [0.25, 0.3) is 0 Å². The monoisotopic (exact) mass is 357 g/mol. The Morgan fingerprint density at radius 3 is 2.42 bits per heavy atom. The van der Waals surface area contributed by atoms with Crippen molar-refractivity contribution in [3.8, 4) is 5.75 Å². The van der Waals surface area contributed by atoms with Crippen molar-refractivity contribution >= 4 is 11.8 Å². The minimum atomic E-state index is -0.329. The van der Waals surface area contributed by atoms with Gasteiger partial charge >= 0.3 is 0 Å². The van der Waals surface area contributed by atoms with Crippen LogP contribution in [0.4, 0.5) is 0 Å². The molecular formula is C21H27NO4. The van der Waals surface area contributed by atoms with Crippen molar-refractivity contribution in [3.63, 3.8) is 0 Å². The summed E-state index contributed by atoms with van der Waals surface area (Å²) in [6.45, 7) is 5.55. The quantitative estimate of drug-likeness (QED) is 0.493. The number of carbonyl (C=O) groups excluding carboxylic acids is 2. The molecular weight excluding hydrogens is 330 g/mol. The van der Waals surface area contributed by atoms with Crippen LogP contribution in [-0.4, -0.2) is 29.9 Å². The van der Waals surface area contributed by atoms with Gasteiger partial charge in [0.2, 0.25) is 0 Å². The van der Waals surface area contributed by atoms with E-state index in [0.29, 0.717) is 19.6 Å². The predicted molar refractivity (Wildman–Crippen MR) is 98.8 cm³/mol. The van der Waals surface area contributed by atoms with Gasteiger partial charge < -0.3 is 9.47 Å². The Hall–Kier alpha value is -2.14. The summed E-state index contributed by atoms with van der Waals surface area (Å²) in [5, 5.41) is 0. The molecule has 5 heteroatoms. The van der Waals surface area contributed by atoms with Crippen LogP contribution in [0, 0.1) is 0 Å². The summed E-state index contributed by atoms with van der Waals surface area (Å²) in [5.41, 5.74) is 1.96. The number of imide groups is 1. The third-order valence-electron chi connectivity index (χ3n) is 4.94. The topological polar surface area (TPSA) is 55.8 Å². The summed E-state index contributed by atoms with van der Waals surface area (Å²) < 4.78 is 12.1. The Balaban J connectivity index is 1.90. The Bertz CT molecular complexity index is 679. The zero-order valence-electron chi connectivity index (χ0n) is 15.6. The molecule has 2 amide bonds. The second kappa shape index (κ2) is 8.49. The van der Waals surface area contributed by atoms with Crippen molar-refractivity contribution < 1.29 is 19.1 Å². The third kappa shape index (κ3) is 3.68. The first-order valence-corrected chi connectivity index (χ1v) is 9.59. The molecule has 5 nitrogen and oxygen atoms in total. The van der Waals surface area contributed by atoms with Crippen LogP contribution in [-0.2, 0) is 14.3 Å². The summed E-state index contributed by atoms with van der Waals surface area (Å²) in [5.74, 6) is 0.238. The number of hydrogen-bond donors (Lipinski definition) is 0. The van der Waals surface area contributed by atoms with E-state index < -0.39 is 0 Å². The van der Waals surface area contributed by atoms with Gasteiger partial charge in [0.1, 0.15) is 5.75 Å². The van der Waals surface area contributed by atoms with Crippen molar-refractivity contribution in [3.05, 3.63) is 41.5 Å². The van der Waals surface area contributed by atoms with Crippen LogP contribution in [0.3, 0.4) is 0 Å². The van der Waals surface area contributed by atoms with E-state index in [4.69, 9.17) is 9.47 Å². The van der Waals surface area contributed by atoms with Crippen molar-refractivity contribution in [2.75, 3.05) is 13.2 Å². The molecule has 1 aromatic carbocycles. The molecule has 0 radical (unpaired) electrons. The van der Waals surface area contributed by atoms with E-state index in [-0.39, 0.29) is 24.0 Å². The van der Waals surface area contributed by atoms with Crippen molar-refractivity contribution in [1.29, 1.82) is 0 Å². The highest BCUT2D eigenvalue weighted by atomic mass is 16.5. The van der Waals surface area contributed by atoms with Crippen LogP contribution in [0.5, 0.6) is 5.75 Å². The van der Waals surface area contributed by atoms with Gasteiger partial charge in [-0.3, -0.25) is 14.5 Å². The molecule has 0 bridgehead atoms. The summed E-state index contributed by atoms with van der Waals surface area (Å²) >= 11 is 0. The number of carbonyl (C=O) groups is 2. The fourth-order valence-electron chi connectivity index (χ4n) is 3.58. The molecule has 0 N–H and O–H groups in total. The lowest BCUT2D eigenvalue weighted by Crippen LogP contribution is -2.33. The molecule has 2 aliphatic rings. The van der Waals surface area contributed by atoms with Crippen molar-refractivity contribution in [1.82, 2.24) is 4.90 Å². The van der Waals surface area contributed by atoms with Crippen LogP contribution in [0.15, 0.2) is 30.4 Å². The van der Waals surface area contributed by atoms with Crippen LogP contribution in [0.2, 0.25) is 0 Å². The van der Waals surface area contributed by atoms with E-state index in [1.165, 1.54) is 17.1 Å². The van der Waals surface area contributed by atoms with Crippen LogP contribution < -0.4 is 4.74 Å². The highest BCUT2D eigenvalue weighted by Gasteiger charge is 2.42. The molecule has 1 aliphatic heterocycles. The van der Waals surface area contributed by atoms with E-state index in [9.17, 15) is 9.59 Å². The minimum absolute atomic E-state index is 0.113. The molecule has 0 spiro atoms. The summed E-state index contributed by atoms with van der Waals surface area (Å²) in [4.78, 5) is 25.9. The van der Waals surface area contributed by atoms with Gasteiger partial charge in [-0.05, 0) is 24.5 Å². The average Bonchev–Trinajstić information content (AvgIpc) is 3.16. The molecule has 0 saturated carbocycles. The predicted octanol–water partition coefficient (Wildman–Crippen LogP) is 4.09. The Kier molecular flexibility index (Phi) is 6.09. The van der Waals surface area contributed by atoms with Gasteiger partial charge in [0.05, 0.1) is 18.8 Å². The van der Waals surface area contributed by atoms with E-state index in [1.54, 1.807) is 0 Å². The number of rotatable bonds is 9. The van der Waals surface area contributed by atoms with Gasteiger partial charge in [-0.2, -0.15) is 0 Å². The molecule has 0 aromatic heterocycles. The minimum Gasteiger partial charge on any atom is -0.493 e. The molecule has 0 fully saturated rings. The number of fused-ring (bicyclic) bond motifs is 1. The Morgan fingerprint density at radius 1 is 1.04 bits per heavy atom. The summed E-state index contributed by atoms with van der Waals surface area (Å²) in [6, 6.07) is 5.58. The Labute approximate surface area is 155 Å². The highest BCUT2D eigenvalue weighted by Crippen LogP contribution is 2.49. The number of benzene rings is 1. The standard InChI is InChI=1S/C21H27NO4/c1-3-5-12-25-17-9-7-8-15-18(26-13-6-4-2)14-16(21(15)17)22-19(23)10-11-20(22)24/h7-11,16,18H,3-6,12-14H2,1-2H3/t16-,18-/m0/s1. The van der Waals surface area contributed by atoms with Gasteiger partial charge in [-0.1, -0.05) is 38.8 Å². The average molecular weight is 357 g/mol. The van der Waals surface area contributed by atoms with Gasteiger partial charge in [0, 0.05) is 30.7 Å². The lowest BCUT2D eigenvalue weighted by atomic mass is 10.1. The maximum atomic E-state index is 12.3. The smallest absolute Gasteiger partial charge is 0.254 e. The van der Waals surface area contributed by atoms with Gasteiger partial charge in [-0.15, -0.1) is 0 Å². The molecule has 1 aromatic rings. The molecule has 140 valence electrons. The normalized spacial score (nSPS) is 21.5. The molecule has 26 heavy (non-hydrogen) atoms. The highest BCUT2D eigenvalue weighted by molar-refractivity contribution is 6.13. The number of unbranched alkanes of at least 4 members (excludes halogenated alkanes) is 2. The number of ether oxygens (including phenoxy) is 2. The zero-order chi connectivity index (χ0) is 18.5. The lowest BCUT2D eigenvalue weighted by molar-refractivity contribution is -0.140. The van der Waals surface area contributed by atoms with Crippen LogP contribution >= 0.6 is 0 Å². The first-order chi connectivity index (χ1) is 12.7. The van der Waals surface area contributed by atoms with E-state index >= 15 is 0 Å². The molecule has 0 unspecified atom stereocenters. The maximum Gasteiger partial charge on any atom is 0.254 e. The van der Waals surface area contributed by atoms with E-state index in [0.717, 1.165) is 42.6 Å². The van der Waals surface area contributed by atoms with Gasteiger partial charge in [0.25, 0.3) is 11.8 Å². The largest absolute Gasteiger partial charge is 0.493 e. The maximum absolute atomic E-state index is 12.3. The third-order valence-corrected chi connectivity index (χ3v) is 4.94. The fraction of sp³-hybridized carbons (Fsp3) is 0.524. The molecule has 3 rings (SSSR count). The lowest BCUT2D eigenvalue weighted by Gasteiger charge is -2.24. The molecule has 0 saturated heterocycles. The van der Waals surface area contributed by atoms with E-state index in [1.807, 2.05) is 18.2 Å². The SMILES string of the molecule is CCCCOc1cccc2c1[C@@H](N1C(=O)C=CC1=O)C[C@@H]2OCCCC. The number of amides is 2. The first-order valence-electron chi connectivity index (χ1n) is 9.59. The van der Waals surface area contributed by atoms with Crippen LogP contribution in [0.1, 0.15) is 69.2 Å². The number of hydrogen-bond acceptors (Lipinski definition) is 4. The van der Waals surface area contributed by atoms with Gasteiger partial charge in [0.15, 0.2) is 0 Å². The van der Waals surface area contributed by atoms with E-state index in [2.05, 4.69) is 13.8 Å². The van der Waals surface area contributed by atoms with Crippen molar-refractivity contribution in [2.45, 2.75) is 58.1 Å². The van der Waals surface area contributed by atoms with Crippen molar-refractivity contribution in [2.24, 2.45) is 0 Å². The molecule has 2 atom stereocenters. The zero-order valence-corrected chi connectivity index (χ0v) is 15.6. The Morgan fingerprint density at radius 2 is 1.73 bits per heavy atom. The second-order valence-electron chi connectivity index (χ2n) is 6.81. The first kappa shape index (κ1) is 18.6. The summed E-state index contributed by atoms with van der Waals surface area (Å²) in [7, 11) is 0.